The molecule has 0 fully saturated rings. The summed E-state index contributed by atoms with van der Waals surface area (Å²) >= 11 is 5.67. The molecular formula is C37H34K4N14O8S4. The van der Waals surface area contributed by atoms with E-state index in [2.05, 4.69) is 63.2 Å². The van der Waals surface area contributed by atoms with Crippen LogP contribution >= 0.6 is 46.2 Å². The molecule has 0 saturated carbocycles. The van der Waals surface area contributed by atoms with Crippen LogP contribution in [0.1, 0.15) is 80.1 Å². The molecule has 0 atom stereocenters. The van der Waals surface area contributed by atoms with E-state index in [9.17, 15) is 19.8 Å². The van der Waals surface area contributed by atoms with Crippen molar-refractivity contribution < 1.29 is 245 Å². The van der Waals surface area contributed by atoms with Gasteiger partial charge in [0, 0.05) is 34.3 Å². The first-order chi connectivity index (χ1) is 29.8. The van der Waals surface area contributed by atoms with Crippen molar-refractivity contribution in [3.05, 3.63) is 71.0 Å². The Morgan fingerprint density at radius 3 is 1.30 bits per heavy atom. The number of carboxylic acid groups (broad SMARTS) is 2. The average Bonchev–Trinajstić information content (AvgIpc) is 4.02. The topological polar surface area (TPSA) is 337 Å². The molecule has 0 aliphatic rings. The molecule has 0 spiro atoms. The van der Waals surface area contributed by atoms with Gasteiger partial charge in [0.1, 0.15) is 11.6 Å². The van der Waals surface area contributed by atoms with Gasteiger partial charge in [-0.3, -0.25) is 9.36 Å². The van der Waals surface area contributed by atoms with E-state index in [1.807, 2.05) is 41.5 Å². The van der Waals surface area contributed by atoms with Gasteiger partial charge in [0.25, 0.3) is 10.3 Å². The normalized spacial score (nSPS) is 10.7. The summed E-state index contributed by atoms with van der Waals surface area (Å²) in [7, 11) is 0. The SMILES string of the molecule is CC(C)(C)c1nn(-c2c[c-]cc(C(=O)[O-])c2)c(N)c1N=Nc1nnc(SCCCSc2nnc(N=Nc3c(C(C)(C)C)nn(-c4c[c-]cc(C(=O)[O-])c4)c3N)s2)s1.O=C=O.O=C=O.[K+].[K+].[K+].[K+]. The molecule has 0 unspecified atom stereocenters. The number of rotatable bonds is 14. The molecule has 4 N–H and O–H groups in total. The second kappa shape index (κ2) is 32.0. The van der Waals surface area contributed by atoms with Gasteiger partial charge in [0.05, 0.1) is 11.4 Å². The van der Waals surface area contributed by atoms with Gasteiger partial charge in [-0.05, 0) is 17.8 Å². The molecule has 30 heteroatoms. The van der Waals surface area contributed by atoms with Gasteiger partial charge >= 0.3 is 218 Å². The predicted octanol–water partition coefficient (Wildman–Crippen LogP) is -7.20. The summed E-state index contributed by atoms with van der Waals surface area (Å²) in [6.45, 7) is 11.7. The van der Waals surface area contributed by atoms with Gasteiger partial charge in [-0.2, -0.15) is 65.8 Å². The second-order valence-corrected chi connectivity index (χ2v) is 18.9. The largest absolute Gasteiger partial charge is 1.00 e. The minimum absolute atomic E-state index is 0. The number of aromatic nitrogens is 8. The summed E-state index contributed by atoms with van der Waals surface area (Å²) in [6, 6.07) is 14.1. The number of nitrogens with two attached hydrogens (primary N) is 2. The number of carbonyl (C=O) groups excluding carboxylic acids is 6. The molecule has 4 aromatic heterocycles. The van der Waals surface area contributed by atoms with Crippen LogP contribution in [0.25, 0.3) is 11.4 Å². The van der Waals surface area contributed by atoms with Crippen LogP contribution in [0.5, 0.6) is 0 Å². The summed E-state index contributed by atoms with van der Waals surface area (Å²) in [6.07, 6.45) is 1.34. The van der Waals surface area contributed by atoms with Crippen LogP contribution in [0.15, 0.2) is 65.5 Å². The Bertz CT molecular complexity index is 2540. The maximum Gasteiger partial charge on any atom is 1.00 e. The van der Waals surface area contributed by atoms with Crippen molar-refractivity contribution in [2.75, 3.05) is 23.0 Å². The first-order valence-electron chi connectivity index (χ1n) is 17.8. The van der Waals surface area contributed by atoms with Gasteiger partial charge < -0.3 is 31.3 Å². The molecule has 0 aliphatic heterocycles. The third kappa shape index (κ3) is 19.9. The Morgan fingerprint density at radius 1 is 0.642 bits per heavy atom. The number of azo groups is 2. The fourth-order valence-corrected chi connectivity index (χ4v) is 8.54. The Kier molecular flexibility index (Phi) is 31.9. The monoisotopic (exact) mass is 1090 g/mol. The third-order valence-electron chi connectivity index (χ3n) is 7.72. The van der Waals surface area contributed by atoms with Gasteiger partial charge in [-0.25, -0.2) is 0 Å². The molecule has 0 radical (unpaired) electrons. The van der Waals surface area contributed by atoms with Crippen LogP contribution in [0.3, 0.4) is 0 Å². The molecule has 4 heterocycles. The summed E-state index contributed by atoms with van der Waals surface area (Å²) in [5, 5.41) is 66.9. The van der Waals surface area contributed by atoms with Gasteiger partial charge in [0.2, 0.25) is 0 Å². The van der Waals surface area contributed by atoms with E-state index in [1.54, 1.807) is 35.7 Å². The fraction of sp³-hybridized carbons (Fsp3) is 0.297. The molecule has 6 aromatic rings. The minimum Gasteiger partial charge on any atom is -0.559 e. The zero-order valence-electron chi connectivity index (χ0n) is 38.0. The fourth-order valence-electron chi connectivity index (χ4n) is 5.01. The van der Waals surface area contributed by atoms with Crippen LogP contribution in [-0.2, 0) is 30.0 Å². The summed E-state index contributed by atoms with van der Waals surface area (Å²) in [5.41, 5.74) is 14.5. The van der Waals surface area contributed by atoms with Crippen molar-refractivity contribution in [1.82, 2.24) is 40.0 Å². The van der Waals surface area contributed by atoms with E-state index in [4.69, 9.17) is 30.6 Å². The Hall–Kier alpha value is -0.275. The Balaban J connectivity index is 0.00000413. The average molecular weight is 1090 g/mol. The number of carboxylic acids is 2. The van der Waals surface area contributed by atoms with Crippen molar-refractivity contribution >= 4 is 104 Å². The van der Waals surface area contributed by atoms with Crippen molar-refractivity contribution in [3.8, 4) is 11.4 Å². The number of hydrogen-bond acceptors (Lipinski definition) is 24. The van der Waals surface area contributed by atoms with Gasteiger partial charge in [-0.1, -0.05) is 87.7 Å². The summed E-state index contributed by atoms with van der Waals surface area (Å²) < 4.78 is 4.27. The van der Waals surface area contributed by atoms with E-state index in [0.717, 1.165) is 26.6 Å². The van der Waals surface area contributed by atoms with Crippen molar-refractivity contribution in [1.29, 1.82) is 0 Å². The van der Waals surface area contributed by atoms with Gasteiger partial charge in [0.15, 0.2) is 20.1 Å². The first-order valence-corrected chi connectivity index (χ1v) is 21.4. The van der Waals surface area contributed by atoms with Crippen molar-refractivity contribution in [3.63, 3.8) is 0 Å². The summed E-state index contributed by atoms with van der Waals surface area (Å²) in [5.74, 6) is -0.776. The quantitative estimate of drug-likeness (QED) is 0.0336. The first kappa shape index (κ1) is 66.7. The van der Waals surface area contributed by atoms with E-state index >= 15 is 0 Å². The smallest absolute Gasteiger partial charge is 0.559 e. The Labute approximate surface area is 570 Å². The molecule has 2 aromatic carbocycles. The molecular weight excluding hydrogens is 1050 g/mol. The van der Waals surface area contributed by atoms with E-state index in [-0.39, 0.29) is 241 Å². The Morgan fingerprint density at radius 2 is 0.985 bits per heavy atom. The molecule has 0 amide bonds. The summed E-state index contributed by atoms with van der Waals surface area (Å²) in [4.78, 5) is 55.3. The zero-order chi connectivity index (χ0) is 46.5. The van der Waals surface area contributed by atoms with Crippen LogP contribution in [0.4, 0.5) is 33.3 Å². The maximum absolute atomic E-state index is 11.4. The molecule has 0 aliphatic carbocycles. The third-order valence-corrected chi connectivity index (χ3v) is 11.8. The predicted molar refractivity (Wildman–Crippen MR) is 224 cm³/mol. The van der Waals surface area contributed by atoms with E-state index in [0.29, 0.717) is 44.4 Å². The number of carbonyl (C=O) groups is 2. The number of anilines is 2. The van der Waals surface area contributed by atoms with Crippen LogP contribution in [-0.4, -0.2) is 75.7 Å². The van der Waals surface area contributed by atoms with Crippen LogP contribution < -0.4 is 227 Å². The van der Waals surface area contributed by atoms with Crippen molar-refractivity contribution in [2.45, 2.75) is 67.5 Å². The number of nitrogen functional groups attached to an aromatic ring is 2. The van der Waals surface area contributed by atoms with E-state index < -0.39 is 22.8 Å². The standard InChI is InChI=1S/C35H36N14O4S4.2CO2.4K/c1-34(2,3)24-22(26(36)48(46-24)20-12-7-10-18(16-20)28(50)51)38-40-30-42-44-32(56-30)54-14-9-15-55-33-45-43-31(57-33)41-39-23-25(35(4,5)6)47-49(27(23)37)21-13-8-11-19(17-21)29(52)53;2*2-1-3;;;;/h10-13,16-17H,9,14-15,36-37H2,1-6H3,(H,50,51)(H,52,53);;;;;;/q-2;;;4*+1/p-2. The molecule has 67 heavy (non-hydrogen) atoms. The molecule has 22 nitrogen and oxygen atoms in total. The minimum atomic E-state index is -1.34. The number of nitrogens with zero attached hydrogens (tertiary/aromatic N) is 12. The number of aromatic carboxylic acids is 2. The number of hydrogen-bond donors (Lipinski definition) is 2. The molecule has 0 saturated heterocycles. The van der Waals surface area contributed by atoms with Crippen molar-refractivity contribution in [2.24, 2.45) is 20.5 Å². The maximum atomic E-state index is 11.4. The van der Waals surface area contributed by atoms with E-state index in [1.165, 1.54) is 56.3 Å². The van der Waals surface area contributed by atoms with Crippen LogP contribution in [0.2, 0.25) is 0 Å². The van der Waals surface area contributed by atoms with Gasteiger partial charge in [-0.15, -0.1) is 64.1 Å². The van der Waals surface area contributed by atoms with Crippen LogP contribution in [0, 0.1) is 12.1 Å². The number of thioether (sulfide) groups is 2. The molecule has 0 bridgehead atoms. The number of benzene rings is 2. The molecule has 6 rings (SSSR count). The molecule has 328 valence electrons. The second-order valence-electron chi connectivity index (χ2n) is 14.3. The zero-order valence-corrected chi connectivity index (χ0v) is 53.8.